The van der Waals surface area contributed by atoms with Crippen LogP contribution in [-0.4, -0.2) is 10.5 Å². The summed E-state index contributed by atoms with van der Waals surface area (Å²) in [5.41, 5.74) is 5.04. The Morgan fingerprint density at radius 2 is 1.61 bits per heavy atom. The Morgan fingerprint density at radius 3 is 1.94 bits per heavy atom. The van der Waals surface area contributed by atoms with E-state index in [-0.39, 0.29) is 41.8 Å². The SMILES string of the molecule is CC(C)(NC(=O)S)c1ccccc1.NC(=O)S.[H-].[Na+]. The Kier molecular flexibility index (Phi) is 10.9. The molecule has 0 spiro atoms. The molecule has 0 fully saturated rings. The minimum Gasteiger partial charge on any atom is -1.00 e. The first-order chi connectivity index (χ1) is 7.75. The maximum absolute atomic E-state index is 10.8. The van der Waals surface area contributed by atoms with Gasteiger partial charge in [-0.05, 0) is 19.4 Å². The van der Waals surface area contributed by atoms with E-state index in [0.29, 0.717) is 0 Å². The first kappa shape index (κ1) is 20.2. The van der Waals surface area contributed by atoms with Crippen molar-refractivity contribution in [1.82, 2.24) is 5.32 Å². The predicted molar refractivity (Wildman–Crippen MR) is 76.7 cm³/mol. The van der Waals surface area contributed by atoms with Crippen LogP contribution in [-0.2, 0) is 5.54 Å². The van der Waals surface area contributed by atoms with Gasteiger partial charge in [0.15, 0.2) is 0 Å². The van der Waals surface area contributed by atoms with Crippen molar-refractivity contribution in [2.24, 2.45) is 5.73 Å². The molecule has 0 aliphatic rings. The number of thiol groups is 2. The number of amides is 2. The smallest absolute Gasteiger partial charge is 1.00 e. The normalized spacial score (nSPS) is 9.33. The second kappa shape index (κ2) is 9.75. The fourth-order valence-corrected chi connectivity index (χ4v) is 1.47. The van der Waals surface area contributed by atoms with Crippen molar-refractivity contribution in [2.45, 2.75) is 19.4 Å². The molecule has 3 N–H and O–H groups in total. The maximum atomic E-state index is 10.8. The number of rotatable bonds is 2. The van der Waals surface area contributed by atoms with E-state index in [1.54, 1.807) is 0 Å². The van der Waals surface area contributed by atoms with Gasteiger partial charge in [-0.25, -0.2) is 0 Å². The fraction of sp³-hybridized carbons (Fsp3) is 0.273. The third-order valence-corrected chi connectivity index (χ3v) is 2.03. The van der Waals surface area contributed by atoms with Crippen molar-refractivity contribution in [3.8, 4) is 0 Å². The monoisotopic (exact) mass is 296 g/mol. The van der Waals surface area contributed by atoms with E-state index < -0.39 is 5.24 Å². The molecule has 0 aliphatic heterocycles. The Balaban J connectivity index is -0.000000379. The molecule has 0 aliphatic carbocycles. The number of benzene rings is 1. The van der Waals surface area contributed by atoms with E-state index in [1.165, 1.54) is 0 Å². The van der Waals surface area contributed by atoms with Gasteiger partial charge in [0.05, 0.1) is 5.54 Å². The van der Waals surface area contributed by atoms with Crippen LogP contribution in [0.15, 0.2) is 30.3 Å². The van der Waals surface area contributed by atoms with Crippen LogP contribution in [0.1, 0.15) is 20.8 Å². The summed E-state index contributed by atoms with van der Waals surface area (Å²) in [6.07, 6.45) is 0. The first-order valence-electron chi connectivity index (χ1n) is 4.80. The maximum Gasteiger partial charge on any atom is 1.00 e. The minimum absolute atomic E-state index is 0. The van der Waals surface area contributed by atoms with Gasteiger partial charge in [-0.15, -0.1) is 0 Å². The topological polar surface area (TPSA) is 72.2 Å². The Hall–Kier alpha value is -0.140. The minimum atomic E-state index is -0.639. The van der Waals surface area contributed by atoms with Gasteiger partial charge in [0.1, 0.15) is 0 Å². The number of hydrogen-bond donors (Lipinski definition) is 4. The molecule has 0 heterocycles. The quantitative estimate of drug-likeness (QED) is 0.446. The molecule has 18 heavy (non-hydrogen) atoms. The van der Waals surface area contributed by atoms with Crippen LogP contribution in [0.3, 0.4) is 0 Å². The van der Waals surface area contributed by atoms with E-state index in [4.69, 9.17) is 4.79 Å². The van der Waals surface area contributed by atoms with Crippen molar-refractivity contribution in [1.29, 1.82) is 0 Å². The zero-order chi connectivity index (χ0) is 13.5. The number of hydrogen-bond acceptors (Lipinski definition) is 2. The standard InChI is InChI=1S/C10H13NOS.CH3NOS.Na.H/c1-10(2,11-9(12)13)8-6-4-3-5-7-8;2-1(3)4;;/h3-7H,1-2H3,(H2,11,12,13);(H3,2,3,4);;/q;;+1;-1. The molecular weight excluding hydrogens is 279 g/mol. The van der Waals surface area contributed by atoms with Gasteiger partial charge >= 0.3 is 29.6 Å². The number of carbonyl (C=O) groups is 2. The summed E-state index contributed by atoms with van der Waals surface area (Å²) in [5.74, 6) is 0. The van der Waals surface area contributed by atoms with Gasteiger partial charge < -0.3 is 12.5 Å². The van der Waals surface area contributed by atoms with Crippen molar-refractivity contribution >= 4 is 35.7 Å². The van der Waals surface area contributed by atoms with Gasteiger partial charge in [0.25, 0.3) is 10.5 Å². The van der Waals surface area contributed by atoms with Crippen LogP contribution in [0.5, 0.6) is 0 Å². The van der Waals surface area contributed by atoms with Crippen molar-refractivity contribution in [3.05, 3.63) is 35.9 Å². The van der Waals surface area contributed by atoms with Crippen LogP contribution < -0.4 is 40.6 Å². The van der Waals surface area contributed by atoms with Crippen LogP contribution in [0.2, 0.25) is 0 Å². The summed E-state index contributed by atoms with van der Waals surface area (Å²) in [7, 11) is 0. The van der Waals surface area contributed by atoms with Crippen molar-refractivity contribution in [2.75, 3.05) is 0 Å². The van der Waals surface area contributed by atoms with E-state index in [0.717, 1.165) is 5.56 Å². The average molecular weight is 296 g/mol. The molecule has 0 bridgehead atoms. The molecule has 0 unspecified atom stereocenters. The van der Waals surface area contributed by atoms with Gasteiger partial charge in [-0.1, -0.05) is 55.6 Å². The molecule has 1 aromatic rings. The summed E-state index contributed by atoms with van der Waals surface area (Å²) in [6.45, 7) is 3.88. The van der Waals surface area contributed by atoms with Gasteiger partial charge in [-0.3, -0.25) is 9.59 Å². The van der Waals surface area contributed by atoms with Crippen LogP contribution >= 0.6 is 25.3 Å². The number of carbonyl (C=O) groups excluding carboxylic acids is 2. The molecule has 4 nitrogen and oxygen atoms in total. The molecule has 96 valence electrons. The Morgan fingerprint density at radius 1 is 1.22 bits per heavy atom. The molecule has 0 saturated carbocycles. The molecule has 1 aromatic carbocycles. The summed E-state index contributed by atoms with van der Waals surface area (Å²) in [6, 6.07) is 9.79. The molecule has 0 aromatic heterocycles. The summed E-state index contributed by atoms with van der Waals surface area (Å²) < 4.78 is 0. The molecule has 7 heteroatoms. The summed E-state index contributed by atoms with van der Waals surface area (Å²) >= 11 is 6.80. The van der Waals surface area contributed by atoms with Gasteiger partial charge in [0, 0.05) is 0 Å². The predicted octanol–water partition coefficient (Wildman–Crippen LogP) is -0.328. The van der Waals surface area contributed by atoms with Crippen LogP contribution in [0.25, 0.3) is 0 Å². The zero-order valence-electron chi connectivity index (χ0n) is 11.7. The first-order valence-corrected chi connectivity index (χ1v) is 5.70. The average Bonchev–Trinajstić information content (AvgIpc) is 2.16. The van der Waals surface area contributed by atoms with Crippen LogP contribution in [0.4, 0.5) is 9.59 Å². The third-order valence-electron chi connectivity index (χ3n) is 1.91. The number of nitrogens with one attached hydrogen (secondary N) is 1. The Labute approximate surface area is 142 Å². The Bertz CT molecular complexity index is 388. The van der Waals surface area contributed by atoms with E-state index in [1.807, 2.05) is 44.2 Å². The fourth-order valence-electron chi connectivity index (χ4n) is 1.19. The number of primary amides is 1. The van der Waals surface area contributed by atoms with Gasteiger partial charge in [0.2, 0.25) is 0 Å². The molecule has 0 radical (unpaired) electrons. The van der Waals surface area contributed by atoms with Crippen molar-refractivity contribution < 1.29 is 40.6 Å². The third kappa shape index (κ3) is 9.85. The largest absolute Gasteiger partial charge is 1.00 e. The zero-order valence-corrected chi connectivity index (χ0v) is 14.5. The molecule has 2 amide bonds. The summed E-state index contributed by atoms with van der Waals surface area (Å²) in [5, 5.41) is 1.81. The molecule has 0 saturated heterocycles. The molecular formula is C11H17N2NaO2S2. The van der Waals surface area contributed by atoms with E-state index >= 15 is 0 Å². The molecule has 1 rings (SSSR count). The van der Waals surface area contributed by atoms with Crippen molar-refractivity contribution in [3.63, 3.8) is 0 Å². The second-order valence-corrected chi connectivity index (χ2v) is 4.61. The van der Waals surface area contributed by atoms with E-state index in [9.17, 15) is 4.79 Å². The molecule has 0 atom stereocenters. The second-order valence-electron chi connectivity index (χ2n) is 3.76. The number of nitrogens with two attached hydrogens (primary N) is 1. The van der Waals surface area contributed by atoms with E-state index in [2.05, 4.69) is 36.3 Å². The van der Waals surface area contributed by atoms with Gasteiger partial charge in [-0.2, -0.15) is 0 Å². The summed E-state index contributed by atoms with van der Waals surface area (Å²) in [4.78, 5) is 19.9. The van der Waals surface area contributed by atoms with Crippen LogP contribution in [0, 0.1) is 0 Å².